The highest BCUT2D eigenvalue weighted by atomic mass is 15.1. The Balaban J connectivity index is 2.25. The minimum absolute atomic E-state index is 0.951. The van der Waals surface area contributed by atoms with Gasteiger partial charge in [0.25, 0.3) is 0 Å². The summed E-state index contributed by atoms with van der Waals surface area (Å²) in [6, 6.07) is 20.6. The molecule has 0 unspecified atom stereocenters. The molecule has 0 saturated carbocycles. The summed E-state index contributed by atoms with van der Waals surface area (Å²) in [5.41, 5.74) is 5.57. The lowest BCUT2D eigenvalue weighted by Gasteiger charge is -2.11. The maximum atomic E-state index is 4.19. The van der Waals surface area contributed by atoms with Gasteiger partial charge in [0.1, 0.15) is 0 Å². The van der Waals surface area contributed by atoms with Gasteiger partial charge in [-0.3, -0.25) is 0 Å². The minimum atomic E-state index is 0.951. The molecule has 1 heterocycles. The van der Waals surface area contributed by atoms with E-state index in [1.54, 1.807) is 0 Å². The molecule has 2 nitrogen and oxygen atoms in total. The van der Waals surface area contributed by atoms with Crippen molar-refractivity contribution in [3.05, 3.63) is 72.6 Å². The summed E-state index contributed by atoms with van der Waals surface area (Å²) < 4.78 is 0. The molecule has 19 heavy (non-hydrogen) atoms. The Kier molecular flexibility index (Phi) is 3.07. The van der Waals surface area contributed by atoms with Crippen molar-refractivity contribution >= 4 is 0 Å². The standard InChI is InChI=1S/C17H14N2/c1-13-17(15-10-6-3-7-11-15)16(12-18-19-13)14-8-4-2-5-9-14/h2-12H,1H3. The van der Waals surface area contributed by atoms with Gasteiger partial charge < -0.3 is 0 Å². The third-order valence-electron chi connectivity index (χ3n) is 3.17. The smallest absolute Gasteiger partial charge is 0.0684 e. The van der Waals surface area contributed by atoms with Crippen molar-refractivity contribution in [1.29, 1.82) is 0 Å². The van der Waals surface area contributed by atoms with E-state index in [1.807, 2.05) is 49.5 Å². The van der Waals surface area contributed by atoms with Gasteiger partial charge in [-0.1, -0.05) is 60.7 Å². The van der Waals surface area contributed by atoms with Crippen molar-refractivity contribution in [2.75, 3.05) is 0 Å². The van der Waals surface area contributed by atoms with Crippen LogP contribution in [0.2, 0.25) is 0 Å². The van der Waals surface area contributed by atoms with Crippen LogP contribution in [0.5, 0.6) is 0 Å². The summed E-state index contributed by atoms with van der Waals surface area (Å²) in [6.07, 6.45) is 1.84. The van der Waals surface area contributed by atoms with Gasteiger partial charge in [-0.2, -0.15) is 10.2 Å². The largest absolute Gasteiger partial charge is 0.158 e. The van der Waals surface area contributed by atoms with Crippen LogP contribution in [0.1, 0.15) is 5.69 Å². The molecule has 3 aromatic rings. The van der Waals surface area contributed by atoms with E-state index in [0.717, 1.165) is 16.8 Å². The number of benzene rings is 2. The highest BCUT2D eigenvalue weighted by molar-refractivity contribution is 5.83. The summed E-state index contributed by atoms with van der Waals surface area (Å²) in [7, 11) is 0. The molecule has 0 aliphatic heterocycles. The minimum Gasteiger partial charge on any atom is -0.158 e. The topological polar surface area (TPSA) is 25.8 Å². The molecule has 0 amide bonds. The van der Waals surface area contributed by atoms with Gasteiger partial charge in [0.2, 0.25) is 0 Å². The van der Waals surface area contributed by atoms with Crippen molar-refractivity contribution in [2.45, 2.75) is 6.92 Å². The Morgan fingerprint density at radius 3 is 1.95 bits per heavy atom. The zero-order valence-electron chi connectivity index (χ0n) is 10.7. The molecule has 0 spiro atoms. The van der Waals surface area contributed by atoms with Crippen molar-refractivity contribution in [3.63, 3.8) is 0 Å². The molecule has 0 saturated heterocycles. The molecule has 0 bridgehead atoms. The second kappa shape index (κ2) is 5.02. The third kappa shape index (κ3) is 2.25. The Labute approximate surface area is 112 Å². The number of nitrogens with zero attached hydrogens (tertiary/aromatic N) is 2. The third-order valence-corrected chi connectivity index (χ3v) is 3.17. The highest BCUT2D eigenvalue weighted by Gasteiger charge is 2.11. The molecule has 0 atom stereocenters. The number of hydrogen-bond donors (Lipinski definition) is 0. The molecular weight excluding hydrogens is 232 g/mol. The summed E-state index contributed by atoms with van der Waals surface area (Å²) in [5.74, 6) is 0. The molecule has 0 aliphatic carbocycles. The van der Waals surface area contributed by atoms with Crippen LogP contribution >= 0.6 is 0 Å². The number of rotatable bonds is 2. The Morgan fingerprint density at radius 1 is 0.737 bits per heavy atom. The maximum Gasteiger partial charge on any atom is 0.0684 e. The summed E-state index contributed by atoms with van der Waals surface area (Å²) in [4.78, 5) is 0. The molecule has 0 N–H and O–H groups in total. The first-order valence-electron chi connectivity index (χ1n) is 6.29. The van der Waals surface area contributed by atoms with E-state index in [1.165, 1.54) is 11.1 Å². The first-order chi connectivity index (χ1) is 9.36. The van der Waals surface area contributed by atoms with Crippen LogP contribution in [0, 0.1) is 6.92 Å². The van der Waals surface area contributed by atoms with Crippen LogP contribution in [-0.2, 0) is 0 Å². The summed E-state index contributed by atoms with van der Waals surface area (Å²) in [6.45, 7) is 2.00. The fourth-order valence-electron chi connectivity index (χ4n) is 2.29. The van der Waals surface area contributed by atoms with Crippen LogP contribution < -0.4 is 0 Å². The first-order valence-corrected chi connectivity index (χ1v) is 6.29. The summed E-state index contributed by atoms with van der Waals surface area (Å²) in [5, 5.41) is 8.29. The average molecular weight is 246 g/mol. The van der Waals surface area contributed by atoms with Crippen LogP contribution in [-0.4, -0.2) is 10.2 Å². The van der Waals surface area contributed by atoms with Gasteiger partial charge in [-0.25, -0.2) is 0 Å². The van der Waals surface area contributed by atoms with Crippen molar-refractivity contribution < 1.29 is 0 Å². The van der Waals surface area contributed by atoms with E-state index < -0.39 is 0 Å². The molecule has 3 rings (SSSR count). The van der Waals surface area contributed by atoms with Crippen LogP contribution in [0.3, 0.4) is 0 Å². The van der Waals surface area contributed by atoms with E-state index in [2.05, 4.69) is 34.5 Å². The molecule has 2 aromatic carbocycles. The lowest BCUT2D eigenvalue weighted by atomic mass is 9.95. The average Bonchev–Trinajstić information content (AvgIpc) is 2.49. The van der Waals surface area contributed by atoms with E-state index in [-0.39, 0.29) is 0 Å². The monoisotopic (exact) mass is 246 g/mol. The Morgan fingerprint density at radius 2 is 1.32 bits per heavy atom. The van der Waals surface area contributed by atoms with E-state index in [0.29, 0.717) is 0 Å². The molecule has 1 aromatic heterocycles. The second-order valence-electron chi connectivity index (χ2n) is 4.45. The molecule has 0 radical (unpaired) electrons. The van der Waals surface area contributed by atoms with E-state index in [4.69, 9.17) is 0 Å². The quantitative estimate of drug-likeness (QED) is 0.679. The van der Waals surface area contributed by atoms with Gasteiger partial charge in [-0.15, -0.1) is 0 Å². The van der Waals surface area contributed by atoms with Crippen LogP contribution in [0.4, 0.5) is 0 Å². The van der Waals surface area contributed by atoms with Crippen LogP contribution in [0.25, 0.3) is 22.3 Å². The van der Waals surface area contributed by atoms with Crippen LogP contribution in [0.15, 0.2) is 66.9 Å². The first kappa shape index (κ1) is 11.6. The lowest BCUT2D eigenvalue weighted by molar-refractivity contribution is 0.985. The lowest BCUT2D eigenvalue weighted by Crippen LogP contribution is -1.94. The van der Waals surface area contributed by atoms with E-state index in [9.17, 15) is 0 Å². The fourth-order valence-corrected chi connectivity index (χ4v) is 2.29. The molecular formula is C17H14N2. The zero-order valence-corrected chi connectivity index (χ0v) is 10.7. The SMILES string of the molecule is Cc1nncc(-c2ccccc2)c1-c1ccccc1. The van der Waals surface area contributed by atoms with Crippen molar-refractivity contribution in [3.8, 4) is 22.3 Å². The number of aryl methyl sites for hydroxylation is 1. The predicted octanol–water partition coefficient (Wildman–Crippen LogP) is 4.12. The second-order valence-corrected chi connectivity index (χ2v) is 4.45. The predicted molar refractivity (Wildman–Crippen MR) is 77.6 cm³/mol. The molecule has 0 aliphatic rings. The normalized spacial score (nSPS) is 10.4. The van der Waals surface area contributed by atoms with Crippen molar-refractivity contribution in [1.82, 2.24) is 10.2 Å². The van der Waals surface area contributed by atoms with Gasteiger partial charge in [0.15, 0.2) is 0 Å². The molecule has 92 valence electrons. The number of aromatic nitrogens is 2. The van der Waals surface area contributed by atoms with Gasteiger partial charge in [0, 0.05) is 11.1 Å². The van der Waals surface area contributed by atoms with Gasteiger partial charge >= 0.3 is 0 Å². The zero-order chi connectivity index (χ0) is 13.1. The molecule has 2 heteroatoms. The Hall–Kier alpha value is -2.48. The maximum absolute atomic E-state index is 4.19. The highest BCUT2D eigenvalue weighted by Crippen LogP contribution is 2.32. The molecule has 0 fully saturated rings. The Bertz CT molecular complexity index is 676. The fraction of sp³-hybridized carbons (Fsp3) is 0.0588. The van der Waals surface area contributed by atoms with Gasteiger partial charge in [-0.05, 0) is 18.1 Å². The number of hydrogen-bond acceptors (Lipinski definition) is 2. The van der Waals surface area contributed by atoms with E-state index >= 15 is 0 Å². The summed E-state index contributed by atoms with van der Waals surface area (Å²) >= 11 is 0. The van der Waals surface area contributed by atoms with Gasteiger partial charge in [0.05, 0.1) is 11.9 Å². The van der Waals surface area contributed by atoms with Crippen molar-refractivity contribution in [2.24, 2.45) is 0 Å².